The summed E-state index contributed by atoms with van der Waals surface area (Å²) >= 11 is 0. The summed E-state index contributed by atoms with van der Waals surface area (Å²) in [6.07, 6.45) is 5.93. The van der Waals surface area contributed by atoms with E-state index in [2.05, 4.69) is 23.3 Å². The van der Waals surface area contributed by atoms with E-state index < -0.39 is 0 Å². The Morgan fingerprint density at radius 3 is 2.83 bits per heavy atom. The summed E-state index contributed by atoms with van der Waals surface area (Å²) < 4.78 is 5.74. The van der Waals surface area contributed by atoms with Crippen molar-refractivity contribution < 1.29 is 4.74 Å². The Kier molecular flexibility index (Phi) is 4.59. The molecule has 1 heterocycles. The first-order chi connectivity index (χ1) is 8.70. The van der Waals surface area contributed by atoms with Crippen molar-refractivity contribution in [1.82, 2.24) is 10.3 Å². The highest BCUT2D eigenvalue weighted by Gasteiger charge is 2.29. The second kappa shape index (κ2) is 6.19. The Hall–Kier alpha value is -1.09. The molecule has 1 N–H and O–H groups in total. The molecule has 1 aromatic rings. The molecule has 0 amide bonds. The van der Waals surface area contributed by atoms with Crippen LogP contribution in [0.1, 0.15) is 45.6 Å². The standard InChI is InChI=1S/C15H24N2O/c1-4-14(12-7-8-12)17-10-13-6-5-9-16-15(13)18-11(2)3/h5-6,9,11-12,14,17H,4,7-8,10H2,1-3H3. The Morgan fingerprint density at radius 2 is 2.22 bits per heavy atom. The van der Waals surface area contributed by atoms with Crippen LogP contribution in [0.3, 0.4) is 0 Å². The minimum Gasteiger partial charge on any atom is -0.475 e. The van der Waals surface area contributed by atoms with Crippen molar-refractivity contribution in [3.05, 3.63) is 23.9 Å². The van der Waals surface area contributed by atoms with E-state index in [-0.39, 0.29) is 6.10 Å². The first-order valence-corrected chi connectivity index (χ1v) is 7.04. The number of nitrogens with zero attached hydrogens (tertiary/aromatic N) is 1. The molecule has 1 aliphatic carbocycles. The minimum atomic E-state index is 0.170. The first kappa shape index (κ1) is 13.3. The fourth-order valence-electron chi connectivity index (χ4n) is 2.27. The number of aromatic nitrogens is 1. The van der Waals surface area contributed by atoms with Gasteiger partial charge in [0.15, 0.2) is 0 Å². The maximum atomic E-state index is 5.74. The van der Waals surface area contributed by atoms with Gasteiger partial charge in [-0.3, -0.25) is 0 Å². The maximum Gasteiger partial charge on any atom is 0.218 e. The minimum absolute atomic E-state index is 0.170. The molecule has 0 aliphatic heterocycles. The number of pyridine rings is 1. The van der Waals surface area contributed by atoms with Crippen LogP contribution in [-0.2, 0) is 6.54 Å². The highest BCUT2D eigenvalue weighted by atomic mass is 16.5. The van der Waals surface area contributed by atoms with Crippen molar-refractivity contribution in [1.29, 1.82) is 0 Å². The molecule has 1 fully saturated rings. The van der Waals surface area contributed by atoms with E-state index in [1.165, 1.54) is 19.3 Å². The Bertz CT molecular complexity index is 375. The lowest BCUT2D eigenvalue weighted by molar-refractivity contribution is 0.229. The van der Waals surface area contributed by atoms with Crippen LogP contribution in [0.2, 0.25) is 0 Å². The topological polar surface area (TPSA) is 34.2 Å². The van der Waals surface area contributed by atoms with Crippen LogP contribution in [0.25, 0.3) is 0 Å². The molecule has 18 heavy (non-hydrogen) atoms. The lowest BCUT2D eigenvalue weighted by Crippen LogP contribution is -2.30. The Morgan fingerprint density at radius 1 is 1.44 bits per heavy atom. The van der Waals surface area contributed by atoms with E-state index in [1.807, 2.05) is 19.9 Å². The lowest BCUT2D eigenvalue weighted by atomic mass is 10.1. The van der Waals surface area contributed by atoms with Crippen LogP contribution >= 0.6 is 0 Å². The monoisotopic (exact) mass is 248 g/mol. The van der Waals surface area contributed by atoms with Gasteiger partial charge in [0.2, 0.25) is 5.88 Å². The maximum absolute atomic E-state index is 5.74. The van der Waals surface area contributed by atoms with Crippen molar-refractivity contribution in [2.24, 2.45) is 5.92 Å². The van der Waals surface area contributed by atoms with E-state index in [9.17, 15) is 0 Å². The smallest absolute Gasteiger partial charge is 0.218 e. The molecule has 1 unspecified atom stereocenters. The fourth-order valence-corrected chi connectivity index (χ4v) is 2.27. The number of rotatable bonds is 7. The molecular weight excluding hydrogens is 224 g/mol. The number of hydrogen-bond donors (Lipinski definition) is 1. The van der Waals surface area contributed by atoms with Gasteiger partial charge in [-0.2, -0.15) is 0 Å². The van der Waals surface area contributed by atoms with Gasteiger partial charge in [-0.15, -0.1) is 0 Å². The molecule has 1 saturated carbocycles. The van der Waals surface area contributed by atoms with E-state index in [1.54, 1.807) is 6.20 Å². The fraction of sp³-hybridized carbons (Fsp3) is 0.667. The van der Waals surface area contributed by atoms with Crippen LogP contribution in [0.15, 0.2) is 18.3 Å². The quantitative estimate of drug-likeness (QED) is 0.805. The molecule has 0 spiro atoms. The summed E-state index contributed by atoms with van der Waals surface area (Å²) in [6.45, 7) is 7.17. The molecule has 0 bridgehead atoms. The average molecular weight is 248 g/mol. The highest BCUT2D eigenvalue weighted by Crippen LogP contribution is 2.34. The van der Waals surface area contributed by atoms with E-state index in [4.69, 9.17) is 4.74 Å². The zero-order valence-electron chi connectivity index (χ0n) is 11.6. The first-order valence-electron chi connectivity index (χ1n) is 7.04. The normalized spacial score (nSPS) is 16.9. The van der Waals surface area contributed by atoms with Crippen LogP contribution in [-0.4, -0.2) is 17.1 Å². The predicted molar refractivity (Wildman–Crippen MR) is 73.6 cm³/mol. The van der Waals surface area contributed by atoms with Crippen molar-refractivity contribution in [3.63, 3.8) is 0 Å². The lowest BCUT2D eigenvalue weighted by Gasteiger charge is -2.18. The second-order valence-corrected chi connectivity index (χ2v) is 5.37. The Labute approximate surface area is 110 Å². The van der Waals surface area contributed by atoms with Gasteiger partial charge in [0, 0.05) is 24.3 Å². The summed E-state index contributed by atoms with van der Waals surface area (Å²) in [5.74, 6) is 1.66. The predicted octanol–water partition coefficient (Wildman–Crippen LogP) is 3.15. The molecule has 1 atom stereocenters. The molecule has 1 aliphatic rings. The molecule has 100 valence electrons. The van der Waals surface area contributed by atoms with Crippen molar-refractivity contribution in [2.75, 3.05) is 0 Å². The average Bonchev–Trinajstić information content (AvgIpc) is 3.16. The zero-order valence-corrected chi connectivity index (χ0v) is 11.6. The molecule has 2 rings (SSSR count). The van der Waals surface area contributed by atoms with Crippen molar-refractivity contribution in [3.8, 4) is 5.88 Å². The molecule has 0 saturated heterocycles. The van der Waals surface area contributed by atoms with Gasteiger partial charge in [0.1, 0.15) is 0 Å². The van der Waals surface area contributed by atoms with E-state index >= 15 is 0 Å². The van der Waals surface area contributed by atoms with Gasteiger partial charge >= 0.3 is 0 Å². The van der Waals surface area contributed by atoms with Gasteiger partial charge in [0.25, 0.3) is 0 Å². The molecule has 0 aromatic carbocycles. The van der Waals surface area contributed by atoms with E-state index in [0.29, 0.717) is 6.04 Å². The molecule has 3 nitrogen and oxygen atoms in total. The molecule has 1 aromatic heterocycles. The van der Waals surface area contributed by atoms with Gasteiger partial charge in [-0.25, -0.2) is 4.98 Å². The summed E-state index contributed by atoms with van der Waals surface area (Å²) in [5, 5.41) is 3.64. The van der Waals surface area contributed by atoms with Crippen LogP contribution in [0.5, 0.6) is 5.88 Å². The van der Waals surface area contributed by atoms with Crippen LogP contribution < -0.4 is 10.1 Å². The second-order valence-electron chi connectivity index (χ2n) is 5.37. The highest BCUT2D eigenvalue weighted by molar-refractivity contribution is 5.25. The zero-order chi connectivity index (χ0) is 13.0. The number of ether oxygens (including phenoxy) is 1. The van der Waals surface area contributed by atoms with Crippen molar-refractivity contribution in [2.45, 2.75) is 58.7 Å². The van der Waals surface area contributed by atoms with Gasteiger partial charge in [-0.05, 0) is 45.1 Å². The summed E-state index contributed by atoms with van der Waals surface area (Å²) in [7, 11) is 0. The third kappa shape index (κ3) is 3.70. The number of hydrogen-bond acceptors (Lipinski definition) is 3. The third-order valence-corrected chi connectivity index (χ3v) is 3.38. The Balaban J connectivity index is 1.94. The van der Waals surface area contributed by atoms with Gasteiger partial charge < -0.3 is 10.1 Å². The summed E-state index contributed by atoms with van der Waals surface area (Å²) in [6, 6.07) is 4.72. The van der Waals surface area contributed by atoms with Gasteiger partial charge in [-0.1, -0.05) is 13.0 Å². The molecular formula is C15H24N2O. The number of nitrogens with one attached hydrogen (secondary N) is 1. The summed E-state index contributed by atoms with van der Waals surface area (Å²) in [5.41, 5.74) is 1.16. The van der Waals surface area contributed by atoms with E-state index in [0.717, 1.165) is 23.9 Å². The largest absolute Gasteiger partial charge is 0.475 e. The van der Waals surface area contributed by atoms with Crippen LogP contribution in [0.4, 0.5) is 0 Å². The molecule has 3 heteroatoms. The SMILES string of the molecule is CCC(NCc1cccnc1OC(C)C)C1CC1. The molecule has 0 radical (unpaired) electrons. The van der Waals surface area contributed by atoms with Crippen LogP contribution in [0, 0.1) is 5.92 Å². The van der Waals surface area contributed by atoms with Gasteiger partial charge in [0.05, 0.1) is 6.10 Å². The summed E-state index contributed by atoms with van der Waals surface area (Å²) in [4.78, 5) is 4.32. The van der Waals surface area contributed by atoms with Crippen molar-refractivity contribution >= 4 is 0 Å². The third-order valence-electron chi connectivity index (χ3n) is 3.38.